The maximum absolute atomic E-state index is 12.3. The predicted octanol–water partition coefficient (Wildman–Crippen LogP) is 2.03. The fraction of sp³-hybridized carbons (Fsp3) is 0.333. The molecule has 2 aromatic carbocycles. The highest BCUT2D eigenvalue weighted by Crippen LogP contribution is 2.20. The molecule has 0 saturated heterocycles. The number of benzene rings is 2. The first-order chi connectivity index (χ1) is 13.5. The molecule has 0 unspecified atom stereocenters. The number of hydrogen-bond donors (Lipinski definition) is 2. The van der Waals surface area contributed by atoms with Crippen LogP contribution in [0.5, 0.6) is 0 Å². The van der Waals surface area contributed by atoms with Gasteiger partial charge in [0.05, 0.1) is 26.2 Å². The van der Waals surface area contributed by atoms with E-state index in [1.807, 2.05) is 56.6 Å². The molecule has 2 N–H and O–H groups in total. The number of aryl methyl sites for hydroxylation is 1. The monoisotopic (exact) mass is 402 g/mol. The highest BCUT2D eigenvalue weighted by Gasteiger charge is 2.21. The van der Waals surface area contributed by atoms with E-state index >= 15 is 0 Å². The summed E-state index contributed by atoms with van der Waals surface area (Å²) in [6.07, 6.45) is 0.894. The average molecular weight is 403 g/mol. The Morgan fingerprint density at radius 1 is 1.18 bits per heavy atom. The summed E-state index contributed by atoms with van der Waals surface area (Å²) < 4.78 is 6.78. The van der Waals surface area contributed by atoms with Crippen LogP contribution in [-0.2, 0) is 11.3 Å². The molecule has 0 aliphatic heterocycles. The summed E-state index contributed by atoms with van der Waals surface area (Å²) in [5.41, 5.74) is 2.33. The van der Waals surface area contributed by atoms with Gasteiger partial charge < -0.3 is 14.6 Å². The Kier molecular flexibility index (Phi) is 6.54. The Hall–Kier alpha value is -2.57. The van der Waals surface area contributed by atoms with Crippen molar-refractivity contribution in [2.75, 3.05) is 20.6 Å². The standard InChI is InChI=1S/C21H24ClN3O3/c1-24(2)18(15-8-3-4-9-16(15)22)14-23-20(26)12-7-13-25-17-10-5-6-11-19(17)28-21(25)27/h3-6,8-11,18H,7,12-14H2,1-2H3,(H,23,26)/p+1/t18-/m1/s1. The zero-order valence-corrected chi connectivity index (χ0v) is 16.8. The minimum absolute atomic E-state index is 0.0425. The highest BCUT2D eigenvalue weighted by molar-refractivity contribution is 6.31. The van der Waals surface area contributed by atoms with Gasteiger partial charge in [-0.2, -0.15) is 0 Å². The van der Waals surface area contributed by atoms with Crippen LogP contribution in [0.4, 0.5) is 0 Å². The minimum atomic E-state index is -0.392. The van der Waals surface area contributed by atoms with Crippen LogP contribution in [0, 0.1) is 0 Å². The number of fused-ring (bicyclic) bond motifs is 1. The number of oxazole rings is 1. The van der Waals surface area contributed by atoms with Crippen molar-refractivity contribution in [1.82, 2.24) is 9.88 Å². The summed E-state index contributed by atoms with van der Waals surface area (Å²) in [7, 11) is 4.08. The zero-order valence-electron chi connectivity index (χ0n) is 16.1. The van der Waals surface area contributed by atoms with E-state index in [0.717, 1.165) is 11.1 Å². The van der Waals surface area contributed by atoms with Crippen LogP contribution in [0.15, 0.2) is 57.7 Å². The van der Waals surface area contributed by atoms with E-state index in [1.165, 1.54) is 4.90 Å². The van der Waals surface area contributed by atoms with Crippen LogP contribution >= 0.6 is 11.6 Å². The molecule has 3 aromatic rings. The number of carbonyl (C=O) groups excluding carboxylic acids is 1. The van der Waals surface area contributed by atoms with Crippen molar-refractivity contribution in [3.8, 4) is 0 Å². The Morgan fingerprint density at radius 2 is 1.89 bits per heavy atom. The fourth-order valence-electron chi connectivity index (χ4n) is 3.31. The number of halogens is 1. The van der Waals surface area contributed by atoms with Gasteiger partial charge >= 0.3 is 5.76 Å². The molecule has 1 amide bonds. The Bertz CT molecular complexity index is 1010. The predicted molar refractivity (Wildman–Crippen MR) is 110 cm³/mol. The zero-order chi connectivity index (χ0) is 20.1. The molecule has 1 heterocycles. The van der Waals surface area contributed by atoms with E-state index in [1.54, 1.807) is 10.6 Å². The third kappa shape index (κ3) is 4.64. The SMILES string of the molecule is C[NH+](C)[C@H](CNC(=O)CCCn1c(=O)oc2ccccc21)c1ccccc1Cl. The molecule has 1 aromatic heterocycles. The maximum Gasteiger partial charge on any atom is 0.419 e. The summed E-state index contributed by atoms with van der Waals surface area (Å²) >= 11 is 6.31. The molecular formula is C21H25ClN3O3+. The highest BCUT2D eigenvalue weighted by atomic mass is 35.5. The number of likely N-dealkylation sites (N-methyl/N-ethyl adjacent to an activating group) is 1. The molecule has 1 atom stereocenters. The first-order valence-corrected chi connectivity index (χ1v) is 9.74. The summed E-state index contributed by atoms with van der Waals surface area (Å²) in [6, 6.07) is 15.1. The second kappa shape index (κ2) is 9.08. The molecule has 0 radical (unpaired) electrons. The van der Waals surface area contributed by atoms with Crippen LogP contribution in [0.3, 0.4) is 0 Å². The van der Waals surface area contributed by atoms with E-state index < -0.39 is 5.76 Å². The van der Waals surface area contributed by atoms with E-state index in [9.17, 15) is 9.59 Å². The van der Waals surface area contributed by atoms with Crippen molar-refractivity contribution in [3.05, 3.63) is 69.7 Å². The molecule has 6 nitrogen and oxygen atoms in total. The third-order valence-corrected chi connectivity index (χ3v) is 5.18. The molecule has 0 aliphatic carbocycles. The van der Waals surface area contributed by atoms with E-state index in [4.69, 9.17) is 16.0 Å². The first-order valence-electron chi connectivity index (χ1n) is 9.37. The van der Waals surface area contributed by atoms with Gasteiger partial charge in [0.2, 0.25) is 5.91 Å². The van der Waals surface area contributed by atoms with Gasteiger partial charge in [0.25, 0.3) is 0 Å². The lowest BCUT2D eigenvalue weighted by Gasteiger charge is -2.23. The second-order valence-corrected chi connectivity index (χ2v) is 7.45. The lowest BCUT2D eigenvalue weighted by atomic mass is 10.1. The first kappa shape index (κ1) is 20.2. The van der Waals surface area contributed by atoms with Crippen LogP contribution in [0.1, 0.15) is 24.4 Å². The van der Waals surface area contributed by atoms with Crippen LogP contribution in [-0.4, -0.2) is 31.1 Å². The number of aromatic nitrogens is 1. The molecule has 0 fully saturated rings. The quantitative estimate of drug-likeness (QED) is 0.605. The van der Waals surface area contributed by atoms with Crippen LogP contribution in [0.25, 0.3) is 11.1 Å². The van der Waals surface area contributed by atoms with Gasteiger partial charge in [-0.25, -0.2) is 4.79 Å². The summed E-state index contributed by atoms with van der Waals surface area (Å²) in [5, 5.41) is 3.70. The smallest absolute Gasteiger partial charge is 0.408 e. The Labute approximate surface area is 168 Å². The molecule has 3 rings (SSSR count). The van der Waals surface area contributed by atoms with Gasteiger partial charge in [-0.05, 0) is 24.6 Å². The van der Waals surface area contributed by atoms with Crippen molar-refractivity contribution in [1.29, 1.82) is 0 Å². The van der Waals surface area contributed by atoms with Gasteiger partial charge in [-0.3, -0.25) is 9.36 Å². The van der Waals surface area contributed by atoms with Gasteiger partial charge in [0, 0.05) is 23.6 Å². The van der Waals surface area contributed by atoms with Crippen molar-refractivity contribution in [2.45, 2.75) is 25.4 Å². The van der Waals surface area contributed by atoms with Crippen molar-refractivity contribution < 1.29 is 14.1 Å². The molecule has 28 heavy (non-hydrogen) atoms. The molecule has 0 spiro atoms. The number of hydrogen-bond acceptors (Lipinski definition) is 3. The minimum Gasteiger partial charge on any atom is -0.408 e. The maximum atomic E-state index is 12.3. The van der Waals surface area contributed by atoms with Crippen LogP contribution < -0.4 is 16.0 Å². The van der Waals surface area contributed by atoms with Gasteiger partial charge in [-0.15, -0.1) is 0 Å². The lowest BCUT2D eigenvalue weighted by Crippen LogP contribution is -3.07. The van der Waals surface area contributed by atoms with Crippen molar-refractivity contribution >= 4 is 28.6 Å². The summed E-state index contributed by atoms with van der Waals surface area (Å²) in [4.78, 5) is 25.5. The lowest BCUT2D eigenvalue weighted by molar-refractivity contribution is -0.890. The molecule has 0 bridgehead atoms. The van der Waals surface area contributed by atoms with E-state index in [-0.39, 0.29) is 11.9 Å². The Balaban J connectivity index is 1.54. The topological polar surface area (TPSA) is 68.7 Å². The number of rotatable bonds is 8. The third-order valence-electron chi connectivity index (χ3n) is 4.84. The number of nitrogens with zero attached hydrogens (tertiary/aromatic N) is 1. The summed E-state index contributed by atoms with van der Waals surface area (Å²) in [6.45, 7) is 0.940. The summed E-state index contributed by atoms with van der Waals surface area (Å²) in [5.74, 6) is -0.434. The molecular weight excluding hydrogens is 378 g/mol. The second-order valence-electron chi connectivity index (χ2n) is 7.05. The van der Waals surface area contributed by atoms with Crippen LogP contribution in [0.2, 0.25) is 5.02 Å². The molecule has 0 aliphatic rings. The van der Waals surface area contributed by atoms with Gasteiger partial charge in [0.1, 0.15) is 6.04 Å². The number of para-hydroxylation sites is 2. The normalized spacial score (nSPS) is 12.4. The van der Waals surface area contributed by atoms with Gasteiger partial charge in [0.15, 0.2) is 5.58 Å². The van der Waals surface area contributed by atoms with E-state index in [2.05, 4.69) is 5.32 Å². The number of quaternary nitrogens is 1. The molecule has 0 saturated carbocycles. The van der Waals surface area contributed by atoms with Crippen molar-refractivity contribution in [2.24, 2.45) is 0 Å². The fourth-order valence-corrected chi connectivity index (χ4v) is 3.58. The largest absolute Gasteiger partial charge is 0.419 e. The average Bonchev–Trinajstić information content (AvgIpc) is 2.98. The number of nitrogens with one attached hydrogen (secondary N) is 2. The Morgan fingerprint density at radius 3 is 2.64 bits per heavy atom. The van der Waals surface area contributed by atoms with Gasteiger partial charge in [-0.1, -0.05) is 41.9 Å². The molecule has 7 heteroatoms. The molecule has 148 valence electrons. The van der Waals surface area contributed by atoms with Crippen molar-refractivity contribution in [3.63, 3.8) is 0 Å². The number of amides is 1. The number of carbonyl (C=O) groups is 1. The van der Waals surface area contributed by atoms with E-state index in [0.29, 0.717) is 36.5 Å².